The van der Waals surface area contributed by atoms with Crippen LogP contribution in [0.4, 0.5) is 0 Å². The van der Waals surface area contributed by atoms with Crippen LogP contribution in [0, 0.1) is 56.7 Å². The first-order chi connectivity index (χ1) is 24.3. The van der Waals surface area contributed by atoms with Crippen molar-refractivity contribution < 1.29 is 27.9 Å². The molecule has 0 spiro atoms. The summed E-state index contributed by atoms with van der Waals surface area (Å²) in [6, 6.07) is 0. The standard InChI is InChI=1S/C43H64N2O6S/c1-27(2)35-32(46)26-43(38(49)44-20-21-45-22-24-52(50,51)25-23-45)19-18-41(6)31(36(35)43)12-13-34-40(5)16-14-30(28-8-10-29(11-9-28)37(47)48)39(3,4)33(40)15-17-42(34,41)7/h8,14,27,29,31,33-34H,9-13,15-26H2,1-7H3,(H,44,49)(H,47,48)/t29?,31-,33+,34-,40+,41-,42-,43-/m1/s1. The lowest BCUT2D eigenvalue weighted by Gasteiger charge is -2.71. The van der Waals surface area contributed by atoms with E-state index in [9.17, 15) is 27.9 Å². The van der Waals surface area contributed by atoms with Gasteiger partial charge in [0.15, 0.2) is 15.6 Å². The fraction of sp³-hybridized carbons (Fsp3) is 0.791. The summed E-state index contributed by atoms with van der Waals surface area (Å²) < 4.78 is 23.9. The predicted octanol–water partition coefficient (Wildman–Crippen LogP) is 7.16. The Hall–Kier alpha value is -2.26. The number of carboxylic acid groups (broad SMARTS) is 1. The molecule has 3 saturated carbocycles. The maximum absolute atomic E-state index is 14.5. The molecule has 4 fully saturated rings. The second kappa shape index (κ2) is 12.9. The molecule has 288 valence electrons. The summed E-state index contributed by atoms with van der Waals surface area (Å²) in [6.07, 6.45) is 14.3. The molecular weight excluding hydrogens is 673 g/mol. The maximum Gasteiger partial charge on any atom is 0.306 e. The highest BCUT2D eigenvalue weighted by Gasteiger charge is 2.70. The number of hydrogen-bond acceptors (Lipinski definition) is 6. The first-order valence-corrected chi connectivity index (χ1v) is 22.2. The Balaban J connectivity index is 1.16. The molecule has 9 heteroatoms. The smallest absolute Gasteiger partial charge is 0.306 e. The minimum atomic E-state index is -2.96. The van der Waals surface area contributed by atoms with Gasteiger partial charge in [-0.2, -0.15) is 0 Å². The molecule has 1 amide bonds. The van der Waals surface area contributed by atoms with Gasteiger partial charge < -0.3 is 10.4 Å². The Morgan fingerprint density at radius 2 is 1.65 bits per heavy atom. The predicted molar refractivity (Wildman–Crippen MR) is 204 cm³/mol. The van der Waals surface area contributed by atoms with Crippen molar-refractivity contribution in [1.29, 1.82) is 0 Å². The van der Waals surface area contributed by atoms with E-state index in [0.717, 1.165) is 56.9 Å². The fourth-order valence-electron chi connectivity index (χ4n) is 13.8. The van der Waals surface area contributed by atoms with Crippen LogP contribution in [0.2, 0.25) is 0 Å². The maximum atomic E-state index is 14.5. The average molecular weight is 737 g/mol. The SMILES string of the molecule is CC(C)C1=C2[C@H]3CC[C@@H]4[C@@]5(C)CC=C(C6=CCC(C(=O)O)CC6)C(C)(C)[C@@H]5CC[C@@]4(C)[C@]3(C)CC[C@@]2(C(=O)NCCN2CCS(=O)(=O)CC2)CC1=O. The second-order valence-electron chi connectivity index (χ2n) is 19.6. The van der Waals surface area contributed by atoms with Gasteiger partial charge in [-0.15, -0.1) is 0 Å². The van der Waals surface area contributed by atoms with E-state index in [1.165, 1.54) is 16.7 Å². The van der Waals surface area contributed by atoms with Gasteiger partial charge in [0.1, 0.15) is 0 Å². The number of carbonyl (C=O) groups excluding carboxylic acids is 2. The van der Waals surface area contributed by atoms with Gasteiger partial charge in [-0.25, -0.2) is 8.42 Å². The number of fused-ring (bicyclic) bond motifs is 7. The number of nitrogens with zero attached hydrogens (tertiary/aromatic N) is 1. The van der Waals surface area contributed by atoms with E-state index in [1.807, 2.05) is 0 Å². The fourth-order valence-corrected chi connectivity index (χ4v) is 15.1. The highest BCUT2D eigenvalue weighted by Crippen LogP contribution is 2.76. The largest absolute Gasteiger partial charge is 0.481 e. The number of carboxylic acids is 1. The van der Waals surface area contributed by atoms with Gasteiger partial charge >= 0.3 is 5.97 Å². The highest BCUT2D eigenvalue weighted by atomic mass is 32.2. The summed E-state index contributed by atoms with van der Waals surface area (Å²) in [6.45, 7) is 18.9. The van der Waals surface area contributed by atoms with Crippen molar-refractivity contribution in [2.24, 2.45) is 56.7 Å². The van der Waals surface area contributed by atoms with Crippen molar-refractivity contribution in [3.63, 3.8) is 0 Å². The first kappa shape index (κ1) is 38.0. The van der Waals surface area contributed by atoms with E-state index >= 15 is 0 Å². The number of aliphatic carboxylic acids is 1. The number of rotatable bonds is 7. The molecule has 0 aromatic rings. The van der Waals surface area contributed by atoms with Crippen molar-refractivity contribution in [3.8, 4) is 0 Å². The number of nitrogens with one attached hydrogen (secondary N) is 1. The molecule has 7 rings (SSSR count). The Morgan fingerprint density at radius 3 is 2.29 bits per heavy atom. The number of sulfone groups is 1. The van der Waals surface area contributed by atoms with Gasteiger partial charge in [-0.3, -0.25) is 19.3 Å². The Kier molecular flexibility index (Phi) is 9.45. The van der Waals surface area contributed by atoms with E-state index in [2.05, 4.69) is 70.8 Å². The molecule has 0 aromatic heterocycles. The lowest BCUT2D eigenvalue weighted by Crippen LogP contribution is -2.64. The van der Waals surface area contributed by atoms with Gasteiger partial charge in [0, 0.05) is 32.6 Å². The highest BCUT2D eigenvalue weighted by molar-refractivity contribution is 7.91. The Bertz CT molecular complexity index is 1730. The van der Waals surface area contributed by atoms with Gasteiger partial charge in [0.05, 0.1) is 22.8 Å². The molecule has 8 atom stereocenters. The summed E-state index contributed by atoms with van der Waals surface area (Å²) >= 11 is 0. The molecule has 1 heterocycles. The van der Waals surface area contributed by atoms with Crippen LogP contribution in [0.5, 0.6) is 0 Å². The van der Waals surface area contributed by atoms with E-state index < -0.39 is 21.2 Å². The van der Waals surface area contributed by atoms with Gasteiger partial charge in [0.2, 0.25) is 5.91 Å². The lowest BCUT2D eigenvalue weighted by atomic mass is 9.33. The molecule has 6 aliphatic carbocycles. The van der Waals surface area contributed by atoms with E-state index in [0.29, 0.717) is 50.9 Å². The second-order valence-corrected chi connectivity index (χ2v) is 21.9. The summed E-state index contributed by atoms with van der Waals surface area (Å²) in [4.78, 5) is 42.3. The van der Waals surface area contributed by atoms with Crippen LogP contribution in [-0.2, 0) is 24.2 Å². The van der Waals surface area contributed by atoms with Crippen LogP contribution in [0.3, 0.4) is 0 Å². The van der Waals surface area contributed by atoms with Crippen molar-refractivity contribution in [1.82, 2.24) is 10.2 Å². The third-order valence-corrected chi connectivity index (χ3v) is 18.3. The molecule has 7 aliphatic rings. The van der Waals surface area contributed by atoms with E-state index in [-0.39, 0.29) is 69.0 Å². The van der Waals surface area contributed by atoms with Crippen LogP contribution in [0.1, 0.15) is 119 Å². The quantitative estimate of drug-likeness (QED) is 0.285. The van der Waals surface area contributed by atoms with Crippen LogP contribution < -0.4 is 5.32 Å². The molecule has 0 bridgehead atoms. The number of amides is 1. The van der Waals surface area contributed by atoms with Crippen LogP contribution >= 0.6 is 0 Å². The minimum Gasteiger partial charge on any atom is -0.481 e. The first-order valence-electron chi connectivity index (χ1n) is 20.4. The molecule has 8 nitrogen and oxygen atoms in total. The zero-order valence-electron chi connectivity index (χ0n) is 32.9. The number of ketones is 1. The molecule has 2 N–H and O–H groups in total. The molecular formula is C43H64N2O6S. The van der Waals surface area contributed by atoms with Gasteiger partial charge in [-0.1, -0.05) is 60.6 Å². The molecule has 52 heavy (non-hydrogen) atoms. The Morgan fingerprint density at radius 1 is 0.942 bits per heavy atom. The summed E-state index contributed by atoms with van der Waals surface area (Å²) in [7, 11) is -2.96. The Labute approximate surface area is 312 Å². The van der Waals surface area contributed by atoms with Crippen molar-refractivity contribution >= 4 is 27.5 Å². The molecule has 0 aromatic carbocycles. The monoisotopic (exact) mass is 736 g/mol. The third kappa shape index (κ3) is 5.66. The third-order valence-electron chi connectivity index (χ3n) is 16.7. The normalized spacial score (nSPS) is 41.3. The number of allylic oxidation sites excluding steroid dienone is 5. The summed E-state index contributed by atoms with van der Waals surface area (Å²) in [5, 5.41) is 12.9. The zero-order valence-corrected chi connectivity index (χ0v) is 33.7. The molecule has 0 radical (unpaired) electrons. The topological polar surface area (TPSA) is 121 Å². The van der Waals surface area contributed by atoms with Gasteiger partial charge in [-0.05, 0) is 132 Å². The van der Waals surface area contributed by atoms with Crippen LogP contribution in [0.25, 0.3) is 0 Å². The average Bonchev–Trinajstić information content (AvgIpc) is 3.39. The molecule has 1 unspecified atom stereocenters. The van der Waals surface area contributed by atoms with Crippen LogP contribution in [-0.4, -0.2) is 73.8 Å². The van der Waals surface area contributed by atoms with E-state index in [1.54, 1.807) is 0 Å². The van der Waals surface area contributed by atoms with Crippen LogP contribution in [0.15, 0.2) is 34.4 Å². The molecule has 1 saturated heterocycles. The minimum absolute atomic E-state index is 0.000447. The van der Waals surface area contributed by atoms with Gasteiger partial charge in [0.25, 0.3) is 0 Å². The van der Waals surface area contributed by atoms with E-state index in [4.69, 9.17) is 0 Å². The zero-order chi connectivity index (χ0) is 37.6. The van der Waals surface area contributed by atoms with Crippen molar-refractivity contribution in [3.05, 3.63) is 34.4 Å². The molecule has 1 aliphatic heterocycles. The lowest BCUT2D eigenvalue weighted by molar-refractivity contribution is -0.199. The number of hydrogen-bond donors (Lipinski definition) is 2. The summed E-state index contributed by atoms with van der Waals surface area (Å²) in [5.41, 5.74) is 4.31. The number of carbonyl (C=O) groups is 3. The van der Waals surface area contributed by atoms with Crippen molar-refractivity contribution in [2.75, 3.05) is 37.7 Å². The summed E-state index contributed by atoms with van der Waals surface area (Å²) in [5.74, 6) is 0.884. The van der Waals surface area contributed by atoms with Crippen molar-refractivity contribution in [2.45, 2.75) is 119 Å². The number of Topliss-reactive ketones (excluding diaryl/α,β-unsaturated/α-hetero) is 1.